The van der Waals surface area contributed by atoms with E-state index in [-0.39, 0.29) is 0 Å². The SMILES string of the molecule is CNC(=S)NCCCc1ncc[nH]1. The van der Waals surface area contributed by atoms with Gasteiger partial charge >= 0.3 is 0 Å². The summed E-state index contributed by atoms with van der Waals surface area (Å²) < 4.78 is 0. The average molecular weight is 198 g/mol. The summed E-state index contributed by atoms with van der Waals surface area (Å²) in [6, 6.07) is 0. The highest BCUT2D eigenvalue weighted by Gasteiger charge is 1.94. The fourth-order valence-corrected chi connectivity index (χ4v) is 1.08. The third-order valence-electron chi connectivity index (χ3n) is 1.66. The van der Waals surface area contributed by atoms with E-state index in [2.05, 4.69) is 20.6 Å². The molecule has 0 saturated heterocycles. The summed E-state index contributed by atoms with van der Waals surface area (Å²) >= 11 is 4.92. The Bertz CT molecular complexity index is 245. The summed E-state index contributed by atoms with van der Waals surface area (Å²) in [6.07, 6.45) is 5.57. The van der Waals surface area contributed by atoms with Crippen molar-refractivity contribution >= 4 is 17.3 Å². The van der Waals surface area contributed by atoms with Crippen molar-refractivity contribution < 1.29 is 0 Å². The van der Waals surface area contributed by atoms with Crippen molar-refractivity contribution in [2.45, 2.75) is 12.8 Å². The molecule has 1 aromatic heterocycles. The Balaban J connectivity index is 2.05. The van der Waals surface area contributed by atoms with Crippen molar-refractivity contribution in [2.75, 3.05) is 13.6 Å². The smallest absolute Gasteiger partial charge is 0.166 e. The van der Waals surface area contributed by atoms with Crippen LogP contribution in [0.2, 0.25) is 0 Å². The molecule has 13 heavy (non-hydrogen) atoms. The first-order valence-corrected chi connectivity index (χ1v) is 4.67. The lowest BCUT2D eigenvalue weighted by Crippen LogP contribution is -2.33. The second-order valence-corrected chi connectivity index (χ2v) is 3.05. The summed E-state index contributed by atoms with van der Waals surface area (Å²) in [7, 11) is 1.81. The highest BCUT2D eigenvalue weighted by atomic mass is 32.1. The molecule has 0 aliphatic carbocycles. The van der Waals surface area contributed by atoms with Gasteiger partial charge in [0.15, 0.2) is 5.11 Å². The number of thiocarbonyl (C=S) groups is 1. The predicted octanol–water partition coefficient (Wildman–Crippen LogP) is 0.436. The van der Waals surface area contributed by atoms with Crippen LogP contribution in [0.3, 0.4) is 0 Å². The summed E-state index contributed by atoms with van der Waals surface area (Å²) in [4.78, 5) is 7.17. The van der Waals surface area contributed by atoms with E-state index in [1.165, 1.54) is 0 Å². The van der Waals surface area contributed by atoms with Gasteiger partial charge in [-0.3, -0.25) is 0 Å². The number of nitrogens with one attached hydrogen (secondary N) is 3. The van der Waals surface area contributed by atoms with E-state index in [4.69, 9.17) is 12.2 Å². The number of nitrogens with zero attached hydrogens (tertiary/aromatic N) is 1. The van der Waals surface area contributed by atoms with Crippen LogP contribution in [0.5, 0.6) is 0 Å². The number of imidazole rings is 1. The molecular weight excluding hydrogens is 184 g/mol. The lowest BCUT2D eigenvalue weighted by molar-refractivity contribution is 0.743. The van der Waals surface area contributed by atoms with Crippen LogP contribution in [0.1, 0.15) is 12.2 Å². The van der Waals surface area contributed by atoms with E-state index >= 15 is 0 Å². The third-order valence-corrected chi connectivity index (χ3v) is 2.01. The van der Waals surface area contributed by atoms with E-state index in [1.807, 2.05) is 13.2 Å². The Morgan fingerprint density at radius 2 is 2.54 bits per heavy atom. The second-order valence-electron chi connectivity index (χ2n) is 2.65. The van der Waals surface area contributed by atoms with Crippen molar-refractivity contribution in [3.63, 3.8) is 0 Å². The Morgan fingerprint density at radius 3 is 3.15 bits per heavy atom. The number of H-pyrrole nitrogens is 1. The number of hydrogen-bond acceptors (Lipinski definition) is 2. The van der Waals surface area contributed by atoms with Crippen molar-refractivity contribution in [1.82, 2.24) is 20.6 Å². The molecule has 0 radical (unpaired) electrons. The fraction of sp³-hybridized carbons (Fsp3) is 0.500. The molecule has 72 valence electrons. The minimum absolute atomic E-state index is 0.694. The fourth-order valence-electron chi connectivity index (χ4n) is 0.981. The number of aromatic nitrogens is 2. The molecule has 5 heteroatoms. The summed E-state index contributed by atoms with van der Waals surface area (Å²) in [5.74, 6) is 1.03. The molecule has 0 spiro atoms. The van der Waals surface area contributed by atoms with Crippen molar-refractivity contribution in [1.29, 1.82) is 0 Å². The highest BCUT2D eigenvalue weighted by Crippen LogP contribution is 1.92. The van der Waals surface area contributed by atoms with Gasteiger partial charge in [-0.2, -0.15) is 0 Å². The lowest BCUT2D eigenvalue weighted by atomic mass is 10.3. The van der Waals surface area contributed by atoms with Crippen LogP contribution in [0, 0.1) is 0 Å². The monoisotopic (exact) mass is 198 g/mol. The number of rotatable bonds is 4. The van der Waals surface area contributed by atoms with Crippen LogP contribution < -0.4 is 10.6 Å². The van der Waals surface area contributed by atoms with Gasteiger partial charge in [-0.1, -0.05) is 0 Å². The molecule has 1 heterocycles. The molecule has 0 aromatic carbocycles. The predicted molar refractivity (Wildman–Crippen MR) is 56.6 cm³/mol. The zero-order valence-electron chi connectivity index (χ0n) is 7.63. The molecule has 4 nitrogen and oxygen atoms in total. The van der Waals surface area contributed by atoms with E-state index in [0.29, 0.717) is 5.11 Å². The molecule has 1 rings (SSSR count). The summed E-state index contributed by atoms with van der Waals surface area (Å²) in [6.45, 7) is 0.875. The van der Waals surface area contributed by atoms with Gasteiger partial charge in [0.05, 0.1) is 0 Å². The van der Waals surface area contributed by atoms with Crippen molar-refractivity contribution in [2.24, 2.45) is 0 Å². The van der Waals surface area contributed by atoms with Gasteiger partial charge in [-0.25, -0.2) is 4.98 Å². The maximum Gasteiger partial charge on any atom is 0.166 e. The van der Waals surface area contributed by atoms with E-state index in [1.54, 1.807) is 6.20 Å². The van der Waals surface area contributed by atoms with Gasteiger partial charge in [-0.05, 0) is 18.6 Å². The summed E-state index contributed by atoms with van der Waals surface area (Å²) in [5.41, 5.74) is 0. The minimum atomic E-state index is 0.694. The van der Waals surface area contributed by atoms with E-state index in [9.17, 15) is 0 Å². The van der Waals surface area contributed by atoms with Crippen LogP contribution in [-0.2, 0) is 6.42 Å². The Morgan fingerprint density at radius 1 is 1.69 bits per heavy atom. The quantitative estimate of drug-likeness (QED) is 0.485. The molecule has 0 aliphatic heterocycles. The van der Waals surface area contributed by atoms with Gasteiger partial charge in [0.25, 0.3) is 0 Å². The first-order chi connectivity index (χ1) is 6.33. The van der Waals surface area contributed by atoms with Gasteiger partial charge in [0.2, 0.25) is 0 Å². The van der Waals surface area contributed by atoms with Crippen LogP contribution in [0.15, 0.2) is 12.4 Å². The summed E-state index contributed by atoms with van der Waals surface area (Å²) in [5, 5.41) is 6.62. The lowest BCUT2D eigenvalue weighted by Gasteiger charge is -2.05. The molecule has 3 N–H and O–H groups in total. The number of hydrogen-bond donors (Lipinski definition) is 3. The van der Waals surface area contributed by atoms with Crippen LogP contribution in [0.25, 0.3) is 0 Å². The second kappa shape index (κ2) is 5.53. The first kappa shape index (κ1) is 9.98. The van der Waals surface area contributed by atoms with Crippen LogP contribution in [0.4, 0.5) is 0 Å². The maximum absolute atomic E-state index is 4.92. The van der Waals surface area contributed by atoms with Gasteiger partial charge in [-0.15, -0.1) is 0 Å². The Kier molecular flexibility index (Phi) is 4.25. The largest absolute Gasteiger partial charge is 0.366 e. The first-order valence-electron chi connectivity index (χ1n) is 4.27. The van der Waals surface area contributed by atoms with E-state index in [0.717, 1.165) is 25.2 Å². The molecule has 0 atom stereocenters. The van der Waals surface area contributed by atoms with Gasteiger partial charge < -0.3 is 15.6 Å². The van der Waals surface area contributed by atoms with Gasteiger partial charge in [0, 0.05) is 32.4 Å². The van der Waals surface area contributed by atoms with Crippen molar-refractivity contribution in [3.8, 4) is 0 Å². The van der Waals surface area contributed by atoms with Crippen molar-refractivity contribution in [3.05, 3.63) is 18.2 Å². The highest BCUT2D eigenvalue weighted by molar-refractivity contribution is 7.80. The molecular formula is C8H14N4S. The average Bonchev–Trinajstić information content (AvgIpc) is 2.64. The normalized spacial score (nSPS) is 9.62. The zero-order chi connectivity index (χ0) is 9.52. The molecule has 0 fully saturated rings. The molecule has 0 aliphatic rings. The number of aromatic amines is 1. The minimum Gasteiger partial charge on any atom is -0.366 e. The van der Waals surface area contributed by atoms with Gasteiger partial charge in [0.1, 0.15) is 5.82 Å². The van der Waals surface area contributed by atoms with Crippen LogP contribution >= 0.6 is 12.2 Å². The topological polar surface area (TPSA) is 52.7 Å². The molecule has 0 unspecified atom stereocenters. The zero-order valence-corrected chi connectivity index (χ0v) is 8.45. The Hall–Kier alpha value is -1.10. The molecule has 0 amide bonds. The Labute approximate surface area is 83.1 Å². The molecule has 1 aromatic rings. The van der Waals surface area contributed by atoms with Crippen LogP contribution in [-0.4, -0.2) is 28.7 Å². The van der Waals surface area contributed by atoms with E-state index < -0.39 is 0 Å². The molecule has 0 saturated carbocycles. The maximum atomic E-state index is 4.92. The number of aryl methyl sites for hydroxylation is 1. The third kappa shape index (κ3) is 3.89. The molecule has 0 bridgehead atoms. The standard InChI is InChI=1S/C8H14N4S/c1-9-8(13)12-4-2-3-7-10-5-6-11-7/h5-6H,2-4H2,1H3,(H,10,11)(H2,9,12,13).